The normalized spacial score (nSPS) is 21.3. The monoisotopic (exact) mass is 524 g/mol. The predicted molar refractivity (Wildman–Crippen MR) is 143 cm³/mol. The second-order valence-electron chi connectivity index (χ2n) is 11.3. The number of likely N-dealkylation sites (tertiary alicyclic amines) is 1. The number of ether oxygens (including phenoxy) is 2. The highest BCUT2D eigenvalue weighted by Crippen LogP contribution is 2.31. The van der Waals surface area contributed by atoms with Gasteiger partial charge in [0, 0.05) is 51.9 Å². The summed E-state index contributed by atoms with van der Waals surface area (Å²) in [6, 6.07) is 11.9. The van der Waals surface area contributed by atoms with Crippen LogP contribution in [0.4, 0.5) is 0 Å². The molecule has 0 aliphatic carbocycles. The summed E-state index contributed by atoms with van der Waals surface area (Å²) in [4.78, 5) is 24.3. The number of benzene rings is 1. The molecule has 1 saturated heterocycles. The van der Waals surface area contributed by atoms with Gasteiger partial charge >= 0.3 is 0 Å². The Morgan fingerprint density at radius 3 is 2.61 bits per heavy atom. The van der Waals surface area contributed by atoms with Crippen molar-refractivity contribution >= 4 is 5.91 Å². The second-order valence-corrected chi connectivity index (χ2v) is 11.3. The topological polar surface area (TPSA) is 98.6 Å². The number of carbonyl (C=O) groups excluding carboxylic acids is 1. The molecule has 1 fully saturated rings. The van der Waals surface area contributed by atoms with E-state index in [-0.39, 0.29) is 31.0 Å². The van der Waals surface area contributed by atoms with E-state index < -0.39 is 11.7 Å². The lowest BCUT2D eigenvalue weighted by Gasteiger charge is -2.33. The standard InChI is InChI=1S/C29H40N4O5/c1-29(2)20-33(19-23(35)18-32-12-9-21-5-3-4-6-22(21)17-32)28(36)25-7-8-26(30-27(25)38-29)37-24-10-13-31(14-11-24)15-16-34/h3-8,23-24,34-35H,9-20H2,1-2H3. The van der Waals surface area contributed by atoms with Gasteiger partial charge < -0.3 is 29.5 Å². The molecule has 2 N–H and O–H groups in total. The third kappa shape index (κ3) is 6.46. The number of hydrogen-bond acceptors (Lipinski definition) is 8. The average Bonchev–Trinajstić information content (AvgIpc) is 2.97. The number of amides is 1. The van der Waals surface area contributed by atoms with Gasteiger partial charge in [-0.15, -0.1) is 0 Å². The van der Waals surface area contributed by atoms with Gasteiger partial charge in [0.1, 0.15) is 17.3 Å². The van der Waals surface area contributed by atoms with Gasteiger partial charge in [0.05, 0.1) is 19.3 Å². The summed E-state index contributed by atoms with van der Waals surface area (Å²) in [7, 11) is 0. The van der Waals surface area contributed by atoms with Gasteiger partial charge in [0.25, 0.3) is 5.91 Å². The lowest BCUT2D eigenvalue weighted by molar-refractivity contribution is 0.0274. The number of nitrogens with zero attached hydrogens (tertiary/aromatic N) is 4. The minimum Gasteiger partial charge on any atom is -0.474 e. The molecule has 0 radical (unpaired) electrons. The van der Waals surface area contributed by atoms with Gasteiger partial charge in [-0.3, -0.25) is 9.69 Å². The number of β-amino-alcohol motifs (C(OH)–C–C–N with tert-alkyl or cyclic N) is 2. The molecule has 0 saturated carbocycles. The molecule has 4 heterocycles. The summed E-state index contributed by atoms with van der Waals surface area (Å²) in [6.07, 6.45) is 2.06. The van der Waals surface area contributed by atoms with Gasteiger partial charge in [-0.2, -0.15) is 4.98 Å². The summed E-state index contributed by atoms with van der Waals surface area (Å²) < 4.78 is 12.4. The van der Waals surface area contributed by atoms with Crippen molar-refractivity contribution in [2.24, 2.45) is 0 Å². The number of aromatic nitrogens is 1. The largest absolute Gasteiger partial charge is 0.474 e. The van der Waals surface area contributed by atoms with Crippen molar-refractivity contribution in [3.05, 3.63) is 53.1 Å². The lowest BCUT2D eigenvalue weighted by Crippen LogP contribution is -2.48. The molecule has 9 nitrogen and oxygen atoms in total. The molecule has 2 aromatic rings. The van der Waals surface area contributed by atoms with E-state index in [4.69, 9.17) is 14.6 Å². The summed E-state index contributed by atoms with van der Waals surface area (Å²) in [6.45, 7) is 9.26. The van der Waals surface area contributed by atoms with E-state index in [1.165, 1.54) is 11.1 Å². The molecule has 3 aliphatic rings. The van der Waals surface area contributed by atoms with E-state index in [1.54, 1.807) is 17.0 Å². The van der Waals surface area contributed by atoms with Crippen molar-refractivity contribution in [3.63, 3.8) is 0 Å². The number of carbonyl (C=O) groups is 1. The number of rotatable bonds is 8. The molecule has 1 atom stereocenters. The molecule has 1 aromatic heterocycles. The number of fused-ring (bicyclic) bond motifs is 2. The Morgan fingerprint density at radius 1 is 1.08 bits per heavy atom. The van der Waals surface area contributed by atoms with Crippen LogP contribution in [0.1, 0.15) is 48.2 Å². The third-order valence-corrected chi connectivity index (χ3v) is 7.64. The molecule has 9 heteroatoms. The molecular weight excluding hydrogens is 484 g/mol. The Morgan fingerprint density at radius 2 is 1.84 bits per heavy atom. The summed E-state index contributed by atoms with van der Waals surface area (Å²) >= 11 is 0. The highest BCUT2D eigenvalue weighted by atomic mass is 16.5. The molecule has 38 heavy (non-hydrogen) atoms. The van der Waals surface area contributed by atoms with Crippen molar-refractivity contribution in [1.82, 2.24) is 19.7 Å². The van der Waals surface area contributed by atoms with Gasteiger partial charge in [-0.1, -0.05) is 24.3 Å². The smallest absolute Gasteiger partial charge is 0.259 e. The highest BCUT2D eigenvalue weighted by Gasteiger charge is 2.36. The van der Waals surface area contributed by atoms with Crippen LogP contribution in [0.5, 0.6) is 11.8 Å². The number of pyridine rings is 1. The van der Waals surface area contributed by atoms with E-state index in [2.05, 4.69) is 39.0 Å². The van der Waals surface area contributed by atoms with Gasteiger partial charge in [-0.25, -0.2) is 0 Å². The Balaban J connectivity index is 1.22. The van der Waals surface area contributed by atoms with Crippen LogP contribution in [0.3, 0.4) is 0 Å². The first-order valence-electron chi connectivity index (χ1n) is 13.8. The van der Waals surface area contributed by atoms with Crippen molar-refractivity contribution in [1.29, 1.82) is 0 Å². The first kappa shape index (κ1) is 26.9. The zero-order valence-corrected chi connectivity index (χ0v) is 22.5. The van der Waals surface area contributed by atoms with E-state index in [1.807, 2.05) is 13.8 Å². The first-order chi connectivity index (χ1) is 18.3. The van der Waals surface area contributed by atoms with Crippen molar-refractivity contribution in [2.75, 3.05) is 52.4 Å². The molecule has 1 aromatic carbocycles. The molecule has 1 amide bonds. The number of piperidine rings is 1. The third-order valence-electron chi connectivity index (χ3n) is 7.64. The summed E-state index contributed by atoms with van der Waals surface area (Å²) in [5.41, 5.74) is 2.39. The maximum atomic E-state index is 13.5. The van der Waals surface area contributed by atoms with Crippen LogP contribution >= 0.6 is 0 Å². The quantitative estimate of drug-likeness (QED) is 0.541. The molecule has 0 bridgehead atoms. The van der Waals surface area contributed by atoms with E-state index in [9.17, 15) is 9.90 Å². The molecule has 0 spiro atoms. The van der Waals surface area contributed by atoms with Gasteiger partial charge in [0.2, 0.25) is 11.8 Å². The second kappa shape index (κ2) is 11.6. The fourth-order valence-corrected chi connectivity index (χ4v) is 5.76. The van der Waals surface area contributed by atoms with Crippen LogP contribution in [0.25, 0.3) is 0 Å². The Bertz CT molecular complexity index is 1120. The van der Waals surface area contributed by atoms with E-state index >= 15 is 0 Å². The molecule has 206 valence electrons. The number of hydrogen-bond donors (Lipinski definition) is 2. The number of aliphatic hydroxyl groups is 2. The maximum Gasteiger partial charge on any atom is 0.259 e. The van der Waals surface area contributed by atoms with Crippen LogP contribution in [-0.2, 0) is 13.0 Å². The summed E-state index contributed by atoms with van der Waals surface area (Å²) in [5, 5.41) is 20.1. The Kier molecular flexibility index (Phi) is 8.18. The van der Waals surface area contributed by atoms with E-state index in [0.29, 0.717) is 31.1 Å². The summed E-state index contributed by atoms with van der Waals surface area (Å²) in [5.74, 6) is 0.539. The van der Waals surface area contributed by atoms with Gasteiger partial charge in [-0.05, 0) is 50.3 Å². The Hall–Kier alpha value is -2.72. The zero-order valence-electron chi connectivity index (χ0n) is 22.5. The fraction of sp³-hybridized carbons (Fsp3) is 0.586. The molecular formula is C29H40N4O5. The van der Waals surface area contributed by atoms with Crippen LogP contribution in [0.15, 0.2) is 36.4 Å². The van der Waals surface area contributed by atoms with Crippen molar-refractivity contribution in [2.45, 2.75) is 57.5 Å². The van der Waals surface area contributed by atoms with Crippen LogP contribution in [-0.4, -0.2) is 106 Å². The lowest BCUT2D eigenvalue weighted by atomic mass is 9.99. The molecule has 1 unspecified atom stereocenters. The van der Waals surface area contributed by atoms with Crippen LogP contribution in [0, 0.1) is 0 Å². The predicted octanol–water partition coefficient (Wildman–Crippen LogP) is 1.95. The van der Waals surface area contributed by atoms with Crippen molar-refractivity contribution < 1.29 is 24.5 Å². The van der Waals surface area contributed by atoms with Gasteiger partial charge in [0.15, 0.2) is 0 Å². The fourth-order valence-electron chi connectivity index (χ4n) is 5.76. The van der Waals surface area contributed by atoms with Crippen LogP contribution in [0.2, 0.25) is 0 Å². The average molecular weight is 525 g/mol. The van der Waals surface area contributed by atoms with E-state index in [0.717, 1.165) is 45.4 Å². The zero-order chi connectivity index (χ0) is 26.7. The maximum absolute atomic E-state index is 13.5. The van der Waals surface area contributed by atoms with Crippen LogP contribution < -0.4 is 9.47 Å². The number of aliphatic hydroxyl groups excluding tert-OH is 2. The highest BCUT2D eigenvalue weighted by molar-refractivity contribution is 5.97. The SMILES string of the molecule is CC1(C)CN(CC(O)CN2CCc3ccccc3C2)C(=O)c2ccc(OC3CCN(CCO)CC3)nc2O1. The molecule has 3 aliphatic heterocycles. The minimum atomic E-state index is -0.675. The Labute approximate surface area is 225 Å². The minimum absolute atomic E-state index is 0.0402. The first-order valence-corrected chi connectivity index (χ1v) is 13.8. The molecule has 5 rings (SSSR count). The van der Waals surface area contributed by atoms with Crippen molar-refractivity contribution in [3.8, 4) is 11.8 Å².